The first-order chi connectivity index (χ1) is 9.98. The highest BCUT2D eigenvalue weighted by molar-refractivity contribution is 5.52. The third-order valence-corrected chi connectivity index (χ3v) is 3.66. The van der Waals surface area contributed by atoms with E-state index in [1.807, 2.05) is 37.3 Å². The van der Waals surface area contributed by atoms with Crippen LogP contribution in [0.4, 0.5) is 0 Å². The highest BCUT2D eigenvalue weighted by atomic mass is 16.5. The van der Waals surface area contributed by atoms with Gasteiger partial charge in [-0.1, -0.05) is 29.8 Å². The minimum absolute atomic E-state index is 0.0433. The summed E-state index contributed by atoms with van der Waals surface area (Å²) in [5, 5.41) is 9.49. The molecule has 0 aliphatic carbocycles. The summed E-state index contributed by atoms with van der Waals surface area (Å²) >= 11 is 0. The molecular formula is C18H20O3. The first-order valence-corrected chi connectivity index (χ1v) is 7.18. The van der Waals surface area contributed by atoms with Crippen LogP contribution in [0.2, 0.25) is 0 Å². The third kappa shape index (κ3) is 2.74. The molecule has 0 saturated heterocycles. The maximum Gasteiger partial charge on any atom is 0.169 e. The number of aliphatic hydroxyl groups excluding tert-OH is 1. The van der Waals surface area contributed by atoms with Gasteiger partial charge in [-0.2, -0.15) is 0 Å². The molecular weight excluding hydrogens is 264 g/mol. The van der Waals surface area contributed by atoms with E-state index < -0.39 is 0 Å². The van der Waals surface area contributed by atoms with Crippen molar-refractivity contribution >= 4 is 0 Å². The maximum absolute atomic E-state index is 9.49. The van der Waals surface area contributed by atoms with E-state index in [4.69, 9.17) is 9.47 Å². The van der Waals surface area contributed by atoms with Crippen LogP contribution in [-0.4, -0.2) is 10.7 Å². The SMILES string of the molecule is Cc1ccc(Oc2cccc3c2OC(C)(C)C3)c(CO)c1. The lowest BCUT2D eigenvalue weighted by atomic mass is 10.0. The van der Waals surface area contributed by atoms with Crippen LogP contribution in [0.1, 0.15) is 30.5 Å². The minimum Gasteiger partial charge on any atom is -0.483 e. The van der Waals surface area contributed by atoms with Crippen LogP contribution in [0.3, 0.4) is 0 Å². The van der Waals surface area contributed by atoms with E-state index in [1.165, 1.54) is 0 Å². The van der Waals surface area contributed by atoms with Gasteiger partial charge in [-0.05, 0) is 32.9 Å². The summed E-state index contributed by atoms with van der Waals surface area (Å²) in [6.45, 7) is 6.09. The van der Waals surface area contributed by atoms with Crippen LogP contribution >= 0.6 is 0 Å². The second-order valence-corrected chi connectivity index (χ2v) is 6.15. The number of ether oxygens (including phenoxy) is 2. The lowest BCUT2D eigenvalue weighted by Crippen LogP contribution is -2.24. The standard InChI is InChI=1S/C18H20O3/c1-12-7-8-15(14(9-12)11-19)20-16-6-4-5-13-10-18(2,3)21-17(13)16/h4-9,19H,10-11H2,1-3H3. The molecule has 0 saturated carbocycles. The highest BCUT2D eigenvalue weighted by Crippen LogP contribution is 2.43. The van der Waals surface area contributed by atoms with Crippen molar-refractivity contribution in [3.8, 4) is 17.2 Å². The molecule has 3 rings (SSSR count). The van der Waals surface area contributed by atoms with E-state index >= 15 is 0 Å². The molecule has 0 atom stereocenters. The number of para-hydroxylation sites is 1. The average Bonchev–Trinajstić information content (AvgIpc) is 2.75. The van der Waals surface area contributed by atoms with E-state index in [-0.39, 0.29) is 12.2 Å². The van der Waals surface area contributed by atoms with E-state index in [0.717, 1.165) is 28.9 Å². The minimum atomic E-state index is -0.200. The number of hydrogen-bond acceptors (Lipinski definition) is 3. The van der Waals surface area contributed by atoms with Crippen LogP contribution in [0.25, 0.3) is 0 Å². The molecule has 1 N–H and O–H groups in total. The summed E-state index contributed by atoms with van der Waals surface area (Å²) < 4.78 is 12.0. The van der Waals surface area contributed by atoms with Gasteiger partial charge < -0.3 is 14.6 Å². The van der Waals surface area contributed by atoms with Crippen molar-refractivity contribution in [3.63, 3.8) is 0 Å². The molecule has 21 heavy (non-hydrogen) atoms. The largest absolute Gasteiger partial charge is 0.483 e. The fraction of sp³-hybridized carbons (Fsp3) is 0.333. The Bertz CT molecular complexity index is 674. The van der Waals surface area contributed by atoms with Crippen molar-refractivity contribution < 1.29 is 14.6 Å². The second-order valence-electron chi connectivity index (χ2n) is 6.15. The molecule has 0 unspecified atom stereocenters. The number of aliphatic hydroxyl groups is 1. The lowest BCUT2D eigenvalue weighted by molar-refractivity contribution is 0.135. The topological polar surface area (TPSA) is 38.7 Å². The van der Waals surface area contributed by atoms with Gasteiger partial charge in [-0.15, -0.1) is 0 Å². The maximum atomic E-state index is 9.49. The molecule has 3 nitrogen and oxygen atoms in total. The van der Waals surface area contributed by atoms with Crippen molar-refractivity contribution in [2.75, 3.05) is 0 Å². The first-order valence-electron chi connectivity index (χ1n) is 7.18. The Balaban J connectivity index is 1.96. The fourth-order valence-electron chi connectivity index (χ4n) is 2.72. The zero-order valence-electron chi connectivity index (χ0n) is 12.6. The van der Waals surface area contributed by atoms with Crippen molar-refractivity contribution in [1.29, 1.82) is 0 Å². The van der Waals surface area contributed by atoms with E-state index in [1.54, 1.807) is 0 Å². The van der Waals surface area contributed by atoms with Crippen LogP contribution in [-0.2, 0) is 13.0 Å². The molecule has 0 fully saturated rings. The zero-order chi connectivity index (χ0) is 15.0. The van der Waals surface area contributed by atoms with Gasteiger partial charge >= 0.3 is 0 Å². The van der Waals surface area contributed by atoms with Gasteiger partial charge in [0, 0.05) is 17.5 Å². The van der Waals surface area contributed by atoms with Crippen LogP contribution in [0.5, 0.6) is 17.2 Å². The molecule has 1 aliphatic heterocycles. The van der Waals surface area contributed by atoms with Gasteiger partial charge in [0.25, 0.3) is 0 Å². The van der Waals surface area contributed by atoms with Crippen molar-refractivity contribution in [2.45, 2.75) is 39.4 Å². The Morgan fingerprint density at radius 3 is 2.76 bits per heavy atom. The third-order valence-electron chi connectivity index (χ3n) is 3.66. The summed E-state index contributed by atoms with van der Waals surface area (Å²) in [4.78, 5) is 0. The number of hydrogen-bond donors (Lipinski definition) is 1. The van der Waals surface area contributed by atoms with E-state index in [2.05, 4.69) is 19.9 Å². The molecule has 1 heterocycles. The molecule has 110 valence electrons. The normalized spacial score (nSPS) is 15.4. The van der Waals surface area contributed by atoms with Crippen LogP contribution in [0, 0.1) is 6.92 Å². The Labute approximate surface area is 125 Å². The molecule has 0 radical (unpaired) electrons. The van der Waals surface area contributed by atoms with Gasteiger partial charge in [-0.3, -0.25) is 0 Å². The molecule has 0 amide bonds. The number of aryl methyl sites for hydroxylation is 1. The second kappa shape index (κ2) is 5.08. The summed E-state index contributed by atoms with van der Waals surface area (Å²) in [5.74, 6) is 2.19. The highest BCUT2D eigenvalue weighted by Gasteiger charge is 2.32. The van der Waals surface area contributed by atoms with Crippen molar-refractivity contribution in [3.05, 3.63) is 53.1 Å². The number of fused-ring (bicyclic) bond motifs is 1. The number of rotatable bonds is 3. The Morgan fingerprint density at radius 1 is 1.19 bits per heavy atom. The van der Waals surface area contributed by atoms with Crippen molar-refractivity contribution in [2.24, 2.45) is 0 Å². The summed E-state index contributed by atoms with van der Waals surface area (Å²) in [7, 11) is 0. The molecule has 0 spiro atoms. The lowest BCUT2D eigenvalue weighted by Gasteiger charge is -2.18. The number of benzene rings is 2. The molecule has 0 aromatic heterocycles. The predicted molar refractivity (Wildman–Crippen MR) is 82.0 cm³/mol. The molecule has 2 aromatic rings. The van der Waals surface area contributed by atoms with Gasteiger partial charge in [0.2, 0.25) is 0 Å². The molecule has 2 aromatic carbocycles. The Kier molecular flexibility index (Phi) is 3.38. The monoisotopic (exact) mass is 284 g/mol. The Morgan fingerprint density at radius 2 is 2.00 bits per heavy atom. The Hall–Kier alpha value is -2.00. The smallest absolute Gasteiger partial charge is 0.169 e. The van der Waals surface area contributed by atoms with Crippen LogP contribution in [0.15, 0.2) is 36.4 Å². The quantitative estimate of drug-likeness (QED) is 0.926. The van der Waals surface area contributed by atoms with Gasteiger partial charge in [0.15, 0.2) is 11.5 Å². The van der Waals surface area contributed by atoms with Gasteiger partial charge in [-0.25, -0.2) is 0 Å². The molecule has 3 heteroatoms. The summed E-state index contributed by atoms with van der Waals surface area (Å²) in [6.07, 6.45) is 0.875. The molecule has 0 bridgehead atoms. The van der Waals surface area contributed by atoms with Crippen molar-refractivity contribution in [1.82, 2.24) is 0 Å². The van der Waals surface area contributed by atoms with Gasteiger partial charge in [0.05, 0.1) is 6.61 Å². The zero-order valence-corrected chi connectivity index (χ0v) is 12.6. The summed E-state index contributed by atoms with van der Waals surface area (Å²) in [5.41, 5.74) is 2.84. The molecule has 1 aliphatic rings. The average molecular weight is 284 g/mol. The first kappa shape index (κ1) is 14.0. The predicted octanol–water partition coefficient (Wildman–Crippen LogP) is 3.99. The summed E-state index contributed by atoms with van der Waals surface area (Å²) in [6, 6.07) is 11.7. The van der Waals surface area contributed by atoms with Crippen LogP contribution < -0.4 is 9.47 Å². The fourth-order valence-corrected chi connectivity index (χ4v) is 2.72. The van der Waals surface area contributed by atoms with Gasteiger partial charge in [0.1, 0.15) is 11.4 Å². The van der Waals surface area contributed by atoms with E-state index in [0.29, 0.717) is 11.5 Å². The van der Waals surface area contributed by atoms with E-state index in [9.17, 15) is 5.11 Å².